The zero-order chi connectivity index (χ0) is 7.82. The number of hydrogen-bond donors (Lipinski definition) is 0. The lowest BCUT2D eigenvalue weighted by atomic mass is 10.6. The Morgan fingerprint density at radius 3 is 2.40 bits per heavy atom. The van der Waals surface area contributed by atoms with Crippen molar-refractivity contribution in [2.24, 2.45) is 4.40 Å². The molecule has 0 unspecified atom stereocenters. The third kappa shape index (κ3) is 7.49. The van der Waals surface area contributed by atoms with Gasteiger partial charge < -0.3 is 4.90 Å². The molecule has 1 aliphatic rings. The van der Waals surface area contributed by atoms with E-state index in [1.165, 1.54) is 17.1 Å². The first kappa shape index (κ1) is 9.49. The second kappa shape index (κ2) is 6.61. The van der Waals surface area contributed by atoms with Crippen molar-refractivity contribution in [3.8, 4) is 0 Å². The minimum atomic E-state index is 0.750. The molecule has 0 atom stereocenters. The molecule has 0 saturated carbocycles. The Hall–Kier alpha value is -0.510. The van der Waals surface area contributed by atoms with Gasteiger partial charge in [0, 0.05) is 26.1 Å². The van der Waals surface area contributed by atoms with Gasteiger partial charge in [-0.1, -0.05) is 0 Å². The Labute approximate surface area is 65.6 Å². The summed E-state index contributed by atoms with van der Waals surface area (Å²) in [6.07, 6.45) is 3.87. The molecule has 58 valence electrons. The van der Waals surface area contributed by atoms with E-state index in [-0.39, 0.29) is 0 Å². The van der Waals surface area contributed by atoms with Crippen LogP contribution in [0, 0.1) is 0 Å². The Morgan fingerprint density at radius 2 is 2.30 bits per heavy atom. The van der Waals surface area contributed by atoms with Gasteiger partial charge in [0.25, 0.3) is 0 Å². The van der Waals surface area contributed by atoms with Gasteiger partial charge in [0.15, 0.2) is 0 Å². The monoisotopic (exact) mass is 160 g/mol. The number of rotatable bonds is 1. The molecule has 1 amide bonds. The zero-order valence-corrected chi connectivity index (χ0v) is 7.10. The maximum absolute atomic E-state index is 9.43. The molecule has 1 aliphatic heterocycles. The Morgan fingerprint density at radius 1 is 1.70 bits per heavy atom. The first-order valence-corrected chi connectivity index (χ1v) is 3.97. The maximum atomic E-state index is 9.43. The largest absolute Gasteiger partial charge is 0.351 e. The molecule has 0 bridgehead atoms. The van der Waals surface area contributed by atoms with Crippen LogP contribution in [0.3, 0.4) is 0 Å². The average Bonchev–Trinajstić information content (AvgIpc) is 2.43. The lowest BCUT2D eigenvalue weighted by molar-refractivity contribution is -0.115. The summed E-state index contributed by atoms with van der Waals surface area (Å²) >= 11 is 1.64. The first-order valence-electron chi connectivity index (χ1n) is 3.03. The predicted molar refractivity (Wildman–Crippen MR) is 45.3 cm³/mol. The number of carbonyl (C=O) groups is 1. The lowest BCUT2D eigenvalue weighted by Crippen LogP contribution is -2.06. The van der Waals surface area contributed by atoms with Crippen molar-refractivity contribution < 1.29 is 4.79 Å². The van der Waals surface area contributed by atoms with E-state index in [1.54, 1.807) is 26.0 Å². The molecule has 1 rings (SSSR count). The van der Waals surface area contributed by atoms with Crippen molar-refractivity contribution in [1.82, 2.24) is 4.90 Å². The van der Waals surface area contributed by atoms with E-state index >= 15 is 0 Å². The number of hydrogen-bond acceptors (Lipinski definition) is 3. The summed E-state index contributed by atoms with van der Waals surface area (Å²) in [6.45, 7) is 0. The second-order valence-electron chi connectivity index (χ2n) is 1.98. The summed E-state index contributed by atoms with van der Waals surface area (Å²) in [7, 11) is 3.38. The molecule has 3 nitrogen and oxygen atoms in total. The Kier molecular flexibility index (Phi) is 6.27. The number of nitrogens with zero attached hydrogens (tertiary/aromatic N) is 2. The van der Waals surface area contributed by atoms with Gasteiger partial charge in [-0.2, -0.15) is 0 Å². The number of amides is 1. The molecular weight excluding hydrogens is 148 g/mol. The van der Waals surface area contributed by atoms with E-state index in [0.29, 0.717) is 0 Å². The molecule has 10 heavy (non-hydrogen) atoms. The van der Waals surface area contributed by atoms with E-state index < -0.39 is 0 Å². The molecule has 0 aromatic rings. The van der Waals surface area contributed by atoms with Crippen molar-refractivity contribution in [2.45, 2.75) is 6.42 Å². The minimum Gasteiger partial charge on any atom is -0.351 e. The van der Waals surface area contributed by atoms with Crippen LogP contribution in [0.25, 0.3) is 0 Å². The summed E-state index contributed by atoms with van der Waals surface area (Å²) in [5.74, 6) is 1.19. The highest BCUT2D eigenvalue weighted by Gasteiger charge is 1.87. The Bertz CT molecular complexity index is 108. The van der Waals surface area contributed by atoms with Crippen molar-refractivity contribution >= 4 is 24.6 Å². The highest BCUT2D eigenvalue weighted by Crippen LogP contribution is 2.07. The maximum Gasteiger partial charge on any atom is 0.209 e. The zero-order valence-electron chi connectivity index (χ0n) is 6.28. The fraction of sp³-hybridized carbons (Fsp3) is 0.667. The van der Waals surface area contributed by atoms with Crippen LogP contribution in [-0.2, 0) is 4.79 Å². The third-order valence-electron chi connectivity index (χ3n) is 0.698. The van der Waals surface area contributed by atoms with Crippen LogP contribution >= 0.6 is 11.9 Å². The third-order valence-corrected chi connectivity index (χ3v) is 1.41. The molecule has 0 spiro atoms. The van der Waals surface area contributed by atoms with Gasteiger partial charge in [-0.05, 0) is 18.4 Å². The van der Waals surface area contributed by atoms with E-state index in [4.69, 9.17) is 0 Å². The van der Waals surface area contributed by atoms with Crippen LogP contribution in [0.4, 0.5) is 0 Å². The minimum absolute atomic E-state index is 0.750. The van der Waals surface area contributed by atoms with Crippen molar-refractivity contribution in [3.05, 3.63) is 0 Å². The first-order chi connectivity index (χ1) is 4.77. The van der Waals surface area contributed by atoms with Gasteiger partial charge in [-0.3, -0.25) is 4.79 Å². The molecule has 0 radical (unpaired) electrons. The van der Waals surface area contributed by atoms with Crippen molar-refractivity contribution in [3.63, 3.8) is 0 Å². The molecule has 0 aliphatic carbocycles. The molecule has 0 aromatic carbocycles. The fourth-order valence-electron chi connectivity index (χ4n) is 0.264. The van der Waals surface area contributed by atoms with Crippen molar-refractivity contribution in [1.29, 1.82) is 0 Å². The molecule has 0 saturated heterocycles. The lowest BCUT2D eigenvalue weighted by Gasteiger charge is -1.93. The van der Waals surface area contributed by atoms with Crippen molar-refractivity contribution in [2.75, 3.05) is 19.8 Å². The second-order valence-corrected chi connectivity index (χ2v) is 2.86. The van der Waals surface area contributed by atoms with E-state index in [1.807, 2.05) is 6.21 Å². The summed E-state index contributed by atoms with van der Waals surface area (Å²) in [5, 5.41) is 0. The van der Waals surface area contributed by atoms with Crippen LogP contribution in [0.2, 0.25) is 0 Å². The molecule has 0 N–H and O–H groups in total. The fourth-order valence-corrected chi connectivity index (χ4v) is 0.791. The molecule has 4 heteroatoms. The van der Waals surface area contributed by atoms with E-state index in [9.17, 15) is 4.79 Å². The van der Waals surface area contributed by atoms with Gasteiger partial charge >= 0.3 is 0 Å². The van der Waals surface area contributed by atoms with Crippen LogP contribution < -0.4 is 0 Å². The average molecular weight is 160 g/mol. The van der Waals surface area contributed by atoms with Crippen LogP contribution in [0.15, 0.2) is 4.40 Å². The summed E-state index contributed by atoms with van der Waals surface area (Å²) in [4.78, 5) is 10.9. The smallest absolute Gasteiger partial charge is 0.209 e. The summed E-state index contributed by atoms with van der Waals surface area (Å²) in [6, 6.07) is 0. The highest BCUT2D eigenvalue weighted by atomic mass is 32.2. The van der Waals surface area contributed by atoms with Crippen LogP contribution in [-0.4, -0.2) is 37.4 Å². The SMILES string of the molecule is C1=NSCC1.CN(C)C=O. The molecule has 0 fully saturated rings. The molecule has 0 aromatic heterocycles. The quantitative estimate of drug-likeness (QED) is 0.420. The normalized spacial score (nSPS) is 13.8. The predicted octanol–water partition coefficient (Wildman–Crippen LogP) is 0.813. The van der Waals surface area contributed by atoms with E-state index in [2.05, 4.69) is 4.40 Å². The van der Waals surface area contributed by atoms with Gasteiger partial charge in [0.1, 0.15) is 0 Å². The topological polar surface area (TPSA) is 32.7 Å². The van der Waals surface area contributed by atoms with Gasteiger partial charge in [0.2, 0.25) is 6.41 Å². The number of carbonyl (C=O) groups excluding carboxylic acids is 1. The molecular formula is C6H12N2OS. The van der Waals surface area contributed by atoms with Crippen LogP contribution in [0.5, 0.6) is 0 Å². The highest BCUT2D eigenvalue weighted by molar-refractivity contribution is 7.98. The van der Waals surface area contributed by atoms with Gasteiger partial charge in [-0.25, -0.2) is 4.40 Å². The van der Waals surface area contributed by atoms with Gasteiger partial charge in [-0.15, -0.1) is 0 Å². The summed E-state index contributed by atoms with van der Waals surface area (Å²) < 4.78 is 3.88. The standard InChI is InChI=1S/C3H7NO.C3H5NS/c1-4(2)3-5;1-2-4-5-3-1/h3H,1-2H3;2H,1,3H2. The van der Waals surface area contributed by atoms with Crippen LogP contribution in [0.1, 0.15) is 6.42 Å². The summed E-state index contributed by atoms with van der Waals surface area (Å²) in [5.41, 5.74) is 0. The van der Waals surface area contributed by atoms with E-state index in [0.717, 1.165) is 6.41 Å². The Balaban J connectivity index is 0.000000162. The molecule has 1 heterocycles. The van der Waals surface area contributed by atoms with Gasteiger partial charge in [0.05, 0.1) is 0 Å².